The van der Waals surface area contributed by atoms with Crippen molar-refractivity contribution in [1.82, 2.24) is 14.7 Å². The summed E-state index contributed by atoms with van der Waals surface area (Å²) in [6, 6.07) is 6.31. The minimum absolute atomic E-state index is 0.0201. The van der Waals surface area contributed by atoms with E-state index in [0.717, 1.165) is 11.3 Å². The van der Waals surface area contributed by atoms with Crippen molar-refractivity contribution in [2.75, 3.05) is 25.1 Å². The standard InChI is InChI=1S/C16H19ClN4O4S2/c17-13-2-1-3-14(18-13)19-20-16(23)15-12(6-9-26-15)27(24,25)21-7-4-11(10-22)5-8-21/h1-3,6,9,11,22H,4-5,7-8,10H2,(H,18,19)(H,20,23). The van der Waals surface area contributed by atoms with Crippen molar-refractivity contribution in [2.45, 2.75) is 17.7 Å². The fraction of sp³-hybridized carbons (Fsp3) is 0.375. The van der Waals surface area contributed by atoms with Gasteiger partial charge in [-0.2, -0.15) is 4.31 Å². The third-order valence-corrected chi connectivity index (χ3v) is 7.50. The van der Waals surface area contributed by atoms with E-state index in [4.69, 9.17) is 11.6 Å². The summed E-state index contributed by atoms with van der Waals surface area (Å²) in [4.78, 5) is 16.5. The van der Waals surface area contributed by atoms with E-state index in [1.165, 1.54) is 10.4 Å². The Morgan fingerprint density at radius 3 is 2.74 bits per heavy atom. The van der Waals surface area contributed by atoms with E-state index < -0.39 is 15.9 Å². The van der Waals surface area contributed by atoms with E-state index in [9.17, 15) is 18.3 Å². The Bertz CT molecular complexity index is 911. The molecule has 0 atom stereocenters. The number of halogens is 1. The van der Waals surface area contributed by atoms with E-state index in [0.29, 0.717) is 31.7 Å². The molecular weight excluding hydrogens is 412 g/mol. The summed E-state index contributed by atoms with van der Waals surface area (Å²) >= 11 is 6.84. The molecular formula is C16H19ClN4O4S2. The third kappa shape index (κ3) is 4.58. The quantitative estimate of drug-likeness (QED) is 0.477. The van der Waals surface area contributed by atoms with Gasteiger partial charge in [-0.25, -0.2) is 13.4 Å². The smallest absolute Gasteiger partial charge is 0.281 e. The number of piperidine rings is 1. The van der Waals surface area contributed by atoms with Crippen molar-refractivity contribution in [3.05, 3.63) is 39.7 Å². The van der Waals surface area contributed by atoms with E-state index in [1.807, 2.05) is 0 Å². The van der Waals surface area contributed by atoms with Crippen molar-refractivity contribution in [1.29, 1.82) is 0 Å². The highest BCUT2D eigenvalue weighted by molar-refractivity contribution is 7.89. The molecule has 1 aliphatic heterocycles. The van der Waals surface area contributed by atoms with Gasteiger partial charge in [0.2, 0.25) is 10.0 Å². The first-order valence-electron chi connectivity index (χ1n) is 8.29. The van der Waals surface area contributed by atoms with Crippen LogP contribution in [-0.2, 0) is 10.0 Å². The molecule has 0 spiro atoms. The zero-order valence-corrected chi connectivity index (χ0v) is 16.6. The van der Waals surface area contributed by atoms with Crippen LogP contribution in [0.15, 0.2) is 34.5 Å². The van der Waals surface area contributed by atoms with Crippen LogP contribution in [-0.4, -0.2) is 48.4 Å². The van der Waals surface area contributed by atoms with Gasteiger partial charge in [-0.15, -0.1) is 11.3 Å². The molecule has 0 bridgehead atoms. The molecule has 3 heterocycles. The van der Waals surface area contributed by atoms with Gasteiger partial charge in [0.25, 0.3) is 5.91 Å². The second-order valence-corrected chi connectivity index (χ2v) is 9.28. The van der Waals surface area contributed by atoms with Gasteiger partial charge >= 0.3 is 0 Å². The number of nitrogens with zero attached hydrogens (tertiary/aromatic N) is 2. The number of aliphatic hydroxyl groups is 1. The van der Waals surface area contributed by atoms with Crippen molar-refractivity contribution in [3.8, 4) is 0 Å². The maximum atomic E-state index is 12.9. The van der Waals surface area contributed by atoms with Crippen LogP contribution >= 0.6 is 22.9 Å². The molecule has 146 valence electrons. The van der Waals surface area contributed by atoms with Gasteiger partial charge in [-0.05, 0) is 42.3 Å². The first-order valence-corrected chi connectivity index (χ1v) is 11.0. The lowest BCUT2D eigenvalue weighted by Gasteiger charge is -2.30. The SMILES string of the molecule is O=C(NNc1cccc(Cl)n1)c1sccc1S(=O)(=O)N1CCC(CO)CC1. The lowest BCUT2D eigenvalue weighted by atomic mass is 10.00. The third-order valence-electron chi connectivity index (χ3n) is 4.30. The average Bonchev–Trinajstić information content (AvgIpc) is 3.17. The zero-order valence-electron chi connectivity index (χ0n) is 14.3. The predicted molar refractivity (Wildman–Crippen MR) is 103 cm³/mol. The molecule has 2 aromatic rings. The van der Waals surface area contributed by atoms with Crippen LogP contribution in [0, 0.1) is 5.92 Å². The van der Waals surface area contributed by atoms with Crippen LogP contribution in [0.3, 0.4) is 0 Å². The van der Waals surface area contributed by atoms with Crippen molar-refractivity contribution < 1.29 is 18.3 Å². The van der Waals surface area contributed by atoms with Gasteiger partial charge in [-0.3, -0.25) is 15.6 Å². The van der Waals surface area contributed by atoms with E-state index >= 15 is 0 Å². The monoisotopic (exact) mass is 430 g/mol. The lowest BCUT2D eigenvalue weighted by molar-refractivity contribution is 0.0963. The Morgan fingerprint density at radius 1 is 1.33 bits per heavy atom. The van der Waals surface area contributed by atoms with Crippen LogP contribution in [0.1, 0.15) is 22.5 Å². The fourth-order valence-electron chi connectivity index (χ4n) is 2.79. The normalized spacial score (nSPS) is 16.2. The van der Waals surface area contributed by atoms with Crippen molar-refractivity contribution >= 4 is 44.7 Å². The number of hydrogen-bond donors (Lipinski definition) is 3. The molecule has 0 aliphatic carbocycles. The van der Waals surface area contributed by atoms with Gasteiger partial charge in [0.1, 0.15) is 20.7 Å². The van der Waals surface area contributed by atoms with Crippen LogP contribution in [0.4, 0.5) is 5.82 Å². The second-order valence-electron chi connectivity index (χ2n) is 6.07. The van der Waals surface area contributed by atoms with Crippen LogP contribution < -0.4 is 10.9 Å². The van der Waals surface area contributed by atoms with Gasteiger partial charge in [0, 0.05) is 19.7 Å². The highest BCUT2D eigenvalue weighted by Gasteiger charge is 2.32. The van der Waals surface area contributed by atoms with E-state index in [1.54, 1.807) is 23.6 Å². The molecule has 1 saturated heterocycles. The largest absolute Gasteiger partial charge is 0.396 e. The van der Waals surface area contributed by atoms with E-state index in [2.05, 4.69) is 15.8 Å². The minimum Gasteiger partial charge on any atom is -0.396 e. The van der Waals surface area contributed by atoms with Gasteiger partial charge in [0.15, 0.2) is 0 Å². The predicted octanol–water partition coefficient (Wildman–Crippen LogP) is 1.95. The summed E-state index contributed by atoms with van der Waals surface area (Å²) in [7, 11) is -3.78. The number of aliphatic hydroxyl groups excluding tert-OH is 1. The Morgan fingerprint density at radius 2 is 2.07 bits per heavy atom. The molecule has 11 heteroatoms. The Hall–Kier alpha value is -1.72. The number of aromatic nitrogens is 1. The van der Waals surface area contributed by atoms with Crippen molar-refractivity contribution in [3.63, 3.8) is 0 Å². The molecule has 1 fully saturated rings. The minimum atomic E-state index is -3.78. The number of amides is 1. The molecule has 1 amide bonds. The maximum Gasteiger partial charge on any atom is 0.281 e. The molecule has 1 aliphatic rings. The molecule has 3 N–H and O–H groups in total. The highest BCUT2D eigenvalue weighted by atomic mass is 35.5. The number of rotatable bonds is 6. The summed E-state index contributed by atoms with van der Waals surface area (Å²) in [5.74, 6) is -0.116. The number of pyridine rings is 1. The van der Waals surface area contributed by atoms with Gasteiger partial charge < -0.3 is 5.11 Å². The van der Waals surface area contributed by atoms with Crippen LogP contribution in [0.5, 0.6) is 0 Å². The number of carbonyl (C=O) groups excluding carboxylic acids is 1. The van der Waals surface area contributed by atoms with Gasteiger partial charge in [0.05, 0.1) is 0 Å². The Balaban J connectivity index is 1.72. The highest BCUT2D eigenvalue weighted by Crippen LogP contribution is 2.28. The second kappa shape index (κ2) is 8.53. The summed E-state index contributed by atoms with van der Waals surface area (Å²) in [6.07, 6.45) is 1.20. The number of carbonyl (C=O) groups is 1. The summed E-state index contributed by atoms with van der Waals surface area (Å²) in [6.45, 7) is 0.716. The molecule has 3 rings (SSSR count). The molecule has 0 radical (unpaired) electrons. The Kier molecular flexibility index (Phi) is 6.33. The summed E-state index contributed by atoms with van der Waals surface area (Å²) < 4.78 is 27.2. The number of anilines is 1. The molecule has 27 heavy (non-hydrogen) atoms. The maximum absolute atomic E-state index is 12.9. The number of thiophene rings is 1. The molecule has 0 saturated carbocycles. The molecule has 0 unspecified atom stereocenters. The summed E-state index contributed by atoms with van der Waals surface area (Å²) in [5, 5.41) is 11.0. The average molecular weight is 431 g/mol. The number of sulfonamides is 1. The topological polar surface area (TPSA) is 112 Å². The van der Waals surface area contributed by atoms with E-state index in [-0.39, 0.29) is 27.5 Å². The number of hydrogen-bond acceptors (Lipinski definition) is 7. The first-order chi connectivity index (χ1) is 12.9. The van der Waals surface area contributed by atoms with Crippen molar-refractivity contribution in [2.24, 2.45) is 5.92 Å². The van der Waals surface area contributed by atoms with Gasteiger partial charge in [-0.1, -0.05) is 17.7 Å². The number of hydrazine groups is 1. The zero-order chi connectivity index (χ0) is 19.4. The summed E-state index contributed by atoms with van der Waals surface area (Å²) in [5.41, 5.74) is 5.07. The van der Waals surface area contributed by atoms with Crippen LogP contribution in [0.2, 0.25) is 5.15 Å². The Labute approximate surface area is 166 Å². The van der Waals surface area contributed by atoms with Crippen LogP contribution in [0.25, 0.3) is 0 Å². The molecule has 8 nitrogen and oxygen atoms in total. The fourth-order valence-corrected chi connectivity index (χ4v) is 5.72. The lowest BCUT2D eigenvalue weighted by Crippen LogP contribution is -2.40. The first kappa shape index (κ1) is 20.0. The molecule has 2 aromatic heterocycles. The molecule has 0 aromatic carbocycles. The number of nitrogens with one attached hydrogen (secondary N) is 2.